The van der Waals surface area contributed by atoms with Crippen molar-refractivity contribution in [3.05, 3.63) is 0 Å². The van der Waals surface area contributed by atoms with Gasteiger partial charge in [0.15, 0.2) is 0 Å². The molecule has 3 aliphatic carbocycles. The fraction of sp³-hybridized carbons (Fsp3) is 1.00. The molecule has 0 radical (unpaired) electrons. The van der Waals surface area contributed by atoms with Crippen molar-refractivity contribution in [3.8, 4) is 0 Å². The number of rotatable bonds is 3. The molecule has 3 saturated carbocycles. The van der Waals surface area contributed by atoms with Crippen molar-refractivity contribution < 1.29 is 0 Å². The van der Waals surface area contributed by atoms with Crippen molar-refractivity contribution in [1.29, 1.82) is 0 Å². The summed E-state index contributed by atoms with van der Waals surface area (Å²) in [5.74, 6) is 17.3. The monoisotopic (exact) mass is 197 g/mol. The average molecular weight is 197 g/mol. The fourth-order valence-electron chi connectivity index (χ4n) is 3.67. The summed E-state index contributed by atoms with van der Waals surface area (Å²) in [6.07, 6.45) is 7.12. The molecule has 0 amide bonds. The van der Waals surface area contributed by atoms with Gasteiger partial charge in [0, 0.05) is 0 Å². The highest BCUT2D eigenvalue weighted by Gasteiger charge is 2.77. The van der Waals surface area contributed by atoms with Crippen LogP contribution in [0.3, 0.4) is 0 Å². The van der Waals surface area contributed by atoms with Crippen LogP contribution >= 0.6 is 0 Å². The lowest BCUT2D eigenvalue weighted by Gasteiger charge is -2.57. The van der Waals surface area contributed by atoms with Crippen LogP contribution in [0.1, 0.15) is 38.5 Å². The van der Waals surface area contributed by atoms with Crippen LogP contribution in [-0.2, 0) is 0 Å². The Morgan fingerprint density at radius 3 is 1.71 bits per heavy atom. The Bertz CT molecular complexity index is 264. The Morgan fingerprint density at radius 2 is 1.50 bits per heavy atom. The summed E-state index contributed by atoms with van der Waals surface area (Å²) in [5, 5.41) is 1.41. The molecule has 3 rings (SSSR count). The third kappa shape index (κ3) is 0.717. The number of nitrogens with one attached hydrogen (secondary N) is 1. The van der Waals surface area contributed by atoms with Crippen molar-refractivity contribution in [3.63, 3.8) is 0 Å². The first-order valence-corrected chi connectivity index (χ1v) is 5.40. The van der Waals surface area contributed by atoms with Gasteiger partial charge < -0.3 is 0 Å². The third-order valence-corrected chi connectivity index (χ3v) is 5.00. The van der Waals surface area contributed by atoms with Crippen LogP contribution < -0.4 is 23.0 Å². The van der Waals surface area contributed by atoms with Crippen molar-refractivity contribution in [2.75, 3.05) is 0 Å². The fourth-order valence-corrected chi connectivity index (χ4v) is 3.67. The maximum Gasteiger partial charge on any atom is 0.0705 e. The summed E-state index contributed by atoms with van der Waals surface area (Å²) in [4.78, 5) is 0. The highest BCUT2D eigenvalue weighted by Crippen LogP contribution is 2.73. The Hall–Kier alpha value is -0.200. The van der Waals surface area contributed by atoms with Crippen LogP contribution in [0.25, 0.3) is 0 Å². The zero-order valence-corrected chi connectivity index (χ0v) is 8.42. The first kappa shape index (κ1) is 9.06. The number of hydrogen-bond acceptors (Lipinski definition) is 5. The Morgan fingerprint density at radius 1 is 0.929 bits per heavy atom. The van der Waals surface area contributed by atoms with Gasteiger partial charge in [-0.2, -0.15) is 5.12 Å². The van der Waals surface area contributed by atoms with Crippen LogP contribution in [0.15, 0.2) is 0 Å². The molecule has 0 aromatic rings. The van der Waals surface area contributed by atoms with Gasteiger partial charge in [-0.25, -0.2) is 0 Å². The molecule has 5 nitrogen and oxygen atoms in total. The maximum atomic E-state index is 5.77. The second-order valence-electron chi connectivity index (χ2n) is 5.27. The smallest absolute Gasteiger partial charge is 0.0705 e. The highest BCUT2D eigenvalue weighted by atomic mass is 15.7. The lowest BCUT2D eigenvalue weighted by molar-refractivity contribution is -0.0492. The predicted octanol–water partition coefficient (Wildman–Crippen LogP) is -0.656. The third-order valence-electron chi connectivity index (χ3n) is 5.00. The zero-order valence-electron chi connectivity index (χ0n) is 8.42. The molecule has 3 aliphatic rings. The molecule has 1 atom stereocenters. The molecular formula is C9H19N5. The molecule has 1 spiro atoms. The number of nitrogens with zero attached hydrogens (tertiary/aromatic N) is 1. The second kappa shape index (κ2) is 2.31. The molecule has 3 fully saturated rings. The summed E-state index contributed by atoms with van der Waals surface area (Å²) in [6, 6.07) is 0. The van der Waals surface area contributed by atoms with Gasteiger partial charge in [0.05, 0.1) is 11.1 Å². The molecule has 1 unspecified atom stereocenters. The minimum atomic E-state index is -0.0590. The van der Waals surface area contributed by atoms with E-state index in [0.29, 0.717) is 5.41 Å². The average Bonchev–Trinajstić information content (AvgIpc) is 3.00. The van der Waals surface area contributed by atoms with E-state index in [9.17, 15) is 0 Å². The number of hydrazine groups is 3. The molecule has 0 bridgehead atoms. The van der Waals surface area contributed by atoms with Crippen molar-refractivity contribution in [2.45, 2.75) is 49.6 Å². The van der Waals surface area contributed by atoms with Gasteiger partial charge in [0.2, 0.25) is 0 Å². The van der Waals surface area contributed by atoms with E-state index in [4.69, 9.17) is 17.5 Å². The lowest BCUT2D eigenvalue weighted by Crippen LogP contribution is -2.76. The molecule has 0 aliphatic heterocycles. The van der Waals surface area contributed by atoms with E-state index >= 15 is 0 Å². The van der Waals surface area contributed by atoms with Gasteiger partial charge in [0.1, 0.15) is 0 Å². The standard InChI is InChI=1S/C9H19N5/c10-13-9(6-3-7(9)1-2-7)8(4-5-8)14(11)12/h13H,1-6,10-12H2. The van der Waals surface area contributed by atoms with Crippen LogP contribution in [-0.4, -0.2) is 16.2 Å². The molecule has 5 heteroatoms. The summed E-state index contributed by atoms with van der Waals surface area (Å²) in [6.45, 7) is 0. The lowest BCUT2D eigenvalue weighted by atomic mass is 9.58. The highest BCUT2D eigenvalue weighted by molar-refractivity contribution is 5.33. The molecule has 0 saturated heterocycles. The predicted molar refractivity (Wildman–Crippen MR) is 53.1 cm³/mol. The van der Waals surface area contributed by atoms with Gasteiger partial charge in [0.25, 0.3) is 0 Å². The largest absolute Gasteiger partial charge is 0.271 e. The topological polar surface area (TPSA) is 93.3 Å². The minimum Gasteiger partial charge on any atom is -0.271 e. The molecular weight excluding hydrogens is 178 g/mol. The van der Waals surface area contributed by atoms with Crippen LogP contribution in [0.5, 0.6) is 0 Å². The zero-order chi connectivity index (χ0) is 10.0. The summed E-state index contributed by atoms with van der Waals surface area (Å²) < 4.78 is 0. The van der Waals surface area contributed by atoms with Crippen molar-refractivity contribution in [1.82, 2.24) is 10.5 Å². The Kier molecular flexibility index (Phi) is 1.49. The Balaban J connectivity index is 1.94. The molecule has 7 N–H and O–H groups in total. The van der Waals surface area contributed by atoms with Crippen molar-refractivity contribution in [2.24, 2.45) is 22.9 Å². The molecule has 0 aromatic heterocycles. The van der Waals surface area contributed by atoms with Gasteiger partial charge in [-0.1, -0.05) is 0 Å². The van der Waals surface area contributed by atoms with E-state index in [1.54, 1.807) is 0 Å². The van der Waals surface area contributed by atoms with E-state index in [2.05, 4.69) is 5.43 Å². The van der Waals surface area contributed by atoms with E-state index in [-0.39, 0.29) is 11.1 Å². The van der Waals surface area contributed by atoms with Crippen LogP contribution in [0.2, 0.25) is 0 Å². The first-order valence-electron chi connectivity index (χ1n) is 5.40. The van der Waals surface area contributed by atoms with Gasteiger partial charge in [-0.15, -0.1) is 0 Å². The van der Waals surface area contributed by atoms with E-state index < -0.39 is 0 Å². The van der Waals surface area contributed by atoms with Crippen molar-refractivity contribution >= 4 is 0 Å². The molecule has 0 aromatic carbocycles. The van der Waals surface area contributed by atoms with E-state index in [1.165, 1.54) is 24.4 Å². The van der Waals surface area contributed by atoms with E-state index in [1.807, 2.05) is 0 Å². The first-order chi connectivity index (χ1) is 6.63. The van der Waals surface area contributed by atoms with Gasteiger partial charge >= 0.3 is 0 Å². The maximum absolute atomic E-state index is 5.77. The summed E-state index contributed by atoms with van der Waals surface area (Å²) >= 11 is 0. The SMILES string of the molecule is NNC1(C2(N(N)N)CC2)CCC12CC2. The number of hydrogen-bond donors (Lipinski definition) is 4. The minimum absolute atomic E-state index is 0.00347. The second-order valence-corrected chi connectivity index (χ2v) is 5.27. The van der Waals surface area contributed by atoms with Gasteiger partial charge in [-0.05, 0) is 43.9 Å². The normalized spacial score (nSPS) is 41.1. The Labute approximate surface area is 83.9 Å². The van der Waals surface area contributed by atoms with E-state index in [0.717, 1.165) is 19.3 Å². The molecule has 14 heavy (non-hydrogen) atoms. The van der Waals surface area contributed by atoms with Crippen LogP contribution in [0.4, 0.5) is 0 Å². The van der Waals surface area contributed by atoms with Gasteiger partial charge in [-0.3, -0.25) is 23.0 Å². The quantitative estimate of drug-likeness (QED) is 0.356. The number of nitrogens with two attached hydrogens (primary N) is 3. The molecule has 80 valence electrons. The summed E-state index contributed by atoms with van der Waals surface area (Å²) in [5.41, 5.74) is 3.42. The van der Waals surface area contributed by atoms with Crippen LogP contribution in [0, 0.1) is 5.41 Å². The summed E-state index contributed by atoms with van der Waals surface area (Å²) in [7, 11) is 0. The molecule has 0 heterocycles.